The zero-order valence-corrected chi connectivity index (χ0v) is 17.8. The monoisotopic (exact) mass is 443 g/mol. The Morgan fingerprint density at radius 3 is 2.55 bits per heavy atom. The standard InChI is InChI=1S/C25H21N3O5/c1-14-2-5-17(26-24(30)16-4-7-22-23(11-16)33-9-8-32-22)12-19(14)28-25(31)21-10-15-3-6-18(29)13-20(15)27-21/h2-7,10-13,27,29H,8-9H2,1H3,(H,26,30)(H,28,31). The van der Waals surface area contributed by atoms with Gasteiger partial charge in [-0.2, -0.15) is 0 Å². The summed E-state index contributed by atoms with van der Waals surface area (Å²) in [7, 11) is 0. The molecule has 1 aliphatic heterocycles. The summed E-state index contributed by atoms with van der Waals surface area (Å²) in [4.78, 5) is 28.5. The van der Waals surface area contributed by atoms with E-state index in [4.69, 9.17) is 9.47 Å². The van der Waals surface area contributed by atoms with Gasteiger partial charge < -0.3 is 30.2 Å². The second-order valence-corrected chi connectivity index (χ2v) is 7.75. The van der Waals surface area contributed by atoms with Crippen molar-refractivity contribution < 1.29 is 24.2 Å². The predicted octanol–water partition coefficient (Wildman–Crippen LogP) is 4.46. The summed E-state index contributed by atoms with van der Waals surface area (Å²) >= 11 is 0. The van der Waals surface area contributed by atoms with Crippen LogP contribution in [-0.4, -0.2) is 35.1 Å². The van der Waals surface area contributed by atoms with Gasteiger partial charge in [-0.25, -0.2) is 0 Å². The molecular weight excluding hydrogens is 422 g/mol. The van der Waals surface area contributed by atoms with Crippen LogP contribution in [0.25, 0.3) is 10.9 Å². The van der Waals surface area contributed by atoms with Crippen LogP contribution < -0.4 is 20.1 Å². The number of aryl methyl sites for hydroxylation is 1. The highest BCUT2D eigenvalue weighted by Crippen LogP contribution is 2.31. The number of carbonyl (C=O) groups excluding carboxylic acids is 2. The van der Waals surface area contributed by atoms with E-state index in [0.717, 1.165) is 10.9 Å². The van der Waals surface area contributed by atoms with E-state index >= 15 is 0 Å². The van der Waals surface area contributed by atoms with E-state index in [2.05, 4.69) is 15.6 Å². The number of amides is 2. The van der Waals surface area contributed by atoms with Crippen LogP contribution >= 0.6 is 0 Å². The number of anilines is 2. The first kappa shape index (κ1) is 20.4. The summed E-state index contributed by atoms with van der Waals surface area (Å²) in [6.07, 6.45) is 0. The van der Waals surface area contributed by atoms with Gasteiger partial charge in [0.2, 0.25) is 0 Å². The van der Waals surface area contributed by atoms with Gasteiger partial charge in [0.25, 0.3) is 11.8 Å². The summed E-state index contributed by atoms with van der Waals surface area (Å²) in [5, 5.41) is 16.2. The second kappa shape index (κ2) is 8.23. The third-order valence-electron chi connectivity index (χ3n) is 5.40. The van der Waals surface area contributed by atoms with Crippen molar-refractivity contribution in [3.05, 3.63) is 77.5 Å². The number of hydrogen-bond acceptors (Lipinski definition) is 5. The largest absolute Gasteiger partial charge is 0.508 e. The Bertz CT molecular complexity index is 1390. The maximum atomic E-state index is 12.8. The zero-order chi connectivity index (χ0) is 22.9. The maximum absolute atomic E-state index is 12.8. The number of benzene rings is 3. The third-order valence-corrected chi connectivity index (χ3v) is 5.40. The van der Waals surface area contributed by atoms with Crippen molar-refractivity contribution in [1.29, 1.82) is 0 Å². The van der Waals surface area contributed by atoms with Crippen molar-refractivity contribution in [3.63, 3.8) is 0 Å². The molecular formula is C25H21N3O5. The number of aromatic amines is 1. The van der Waals surface area contributed by atoms with Crippen LogP contribution in [0.15, 0.2) is 60.7 Å². The third kappa shape index (κ3) is 4.18. The summed E-state index contributed by atoms with van der Waals surface area (Å²) in [5.74, 6) is 0.643. The lowest BCUT2D eigenvalue weighted by atomic mass is 10.1. The number of carbonyl (C=O) groups is 2. The van der Waals surface area contributed by atoms with Gasteiger partial charge in [0.15, 0.2) is 11.5 Å². The maximum Gasteiger partial charge on any atom is 0.272 e. The first-order valence-corrected chi connectivity index (χ1v) is 10.4. The van der Waals surface area contributed by atoms with E-state index < -0.39 is 0 Å². The van der Waals surface area contributed by atoms with E-state index in [1.807, 2.05) is 13.0 Å². The van der Waals surface area contributed by atoms with Gasteiger partial charge in [0, 0.05) is 33.9 Å². The first-order chi connectivity index (χ1) is 16.0. The van der Waals surface area contributed by atoms with Gasteiger partial charge in [0.05, 0.1) is 0 Å². The lowest BCUT2D eigenvalue weighted by Gasteiger charge is -2.18. The number of phenolic OH excluding ortho intramolecular Hbond substituents is 1. The summed E-state index contributed by atoms with van der Waals surface area (Å²) < 4.78 is 11.0. The van der Waals surface area contributed by atoms with E-state index in [1.54, 1.807) is 54.6 Å². The van der Waals surface area contributed by atoms with Gasteiger partial charge in [-0.3, -0.25) is 9.59 Å². The SMILES string of the molecule is Cc1ccc(NC(=O)c2ccc3c(c2)OCCO3)cc1NC(=O)c1cc2ccc(O)cc2[nH]1. The van der Waals surface area contributed by atoms with Gasteiger partial charge in [0.1, 0.15) is 24.7 Å². The quantitative estimate of drug-likeness (QED) is 0.372. The van der Waals surface area contributed by atoms with Crippen molar-refractivity contribution in [2.24, 2.45) is 0 Å². The number of H-pyrrole nitrogens is 1. The van der Waals surface area contributed by atoms with Crippen LogP contribution in [0.2, 0.25) is 0 Å². The van der Waals surface area contributed by atoms with Crippen molar-refractivity contribution in [3.8, 4) is 17.2 Å². The number of aromatic hydroxyl groups is 1. The minimum absolute atomic E-state index is 0.119. The molecule has 4 aromatic rings. The van der Waals surface area contributed by atoms with Crippen LogP contribution in [0.1, 0.15) is 26.4 Å². The molecule has 0 aliphatic carbocycles. The molecule has 0 spiro atoms. The molecule has 0 unspecified atom stereocenters. The molecule has 33 heavy (non-hydrogen) atoms. The molecule has 2 heterocycles. The Kier molecular flexibility index (Phi) is 5.10. The van der Waals surface area contributed by atoms with E-state index in [0.29, 0.717) is 52.9 Å². The molecule has 8 heteroatoms. The number of ether oxygens (including phenoxy) is 2. The molecule has 166 valence electrons. The normalized spacial score (nSPS) is 12.4. The second-order valence-electron chi connectivity index (χ2n) is 7.75. The smallest absolute Gasteiger partial charge is 0.272 e. The summed E-state index contributed by atoms with van der Waals surface area (Å²) in [6, 6.07) is 16.9. The fourth-order valence-corrected chi connectivity index (χ4v) is 3.65. The van der Waals surface area contributed by atoms with Gasteiger partial charge in [-0.15, -0.1) is 0 Å². The number of hydrogen-bond donors (Lipinski definition) is 4. The summed E-state index contributed by atoms with van der Waals surface area (Å²) in [5.41, 5.74) is 3.41. The number of aromatic nitrogens is 1. The Hall–Kier alpha value is -4.46. The molecule has 0 bridgehead atoms. The molecule has 0 atom stereocenters. The Labute approximate surface area is 189 Å². The molecule has 8 nitrogen and oxygen atoms in total. The number of phenols is 1. The average Bonchev–Trinajstić information content (AvgIpc) is 3.24. The zero-order valence-electron chi connectivity index (χ0n) is 17.8. The minimum Gasteiger partial charge on any atom is -0.508 e. The number of rotatable bonds is 4. The molecule has 0 saturated carbocycles. The highest BCUT2D eigenvalue weighted by molar-refractivity contribution is 6.08. The molecule has 0 fully saturated rings. The first-order valence-electron chi connectivity index (χ1n) is 10.4. The van der Waals surface area contributed by atoms with Gasteiger partial charge in [-0.1, -0.05) is 6.07 Å². The highest BCUT2D eigenvalue weighted by Gasteiger charge is 2.16. The molecule has 5 rings (SSSR count). The predicted molar refractivity (Wildman–Crippen MR) is 124 cm³/mol. The average molecular weight is 443 g/mol. The highest BCUT2D eigenvalue weighted by atomic mass is 16.6. The summed E-state index contributed by atoms with van der Waals surface area (Å²) in [6.45, 7) is 2.79. The van der Waals surface area contributed by atoms with Crippen molar-refractivity contribution in [2.45, 2.75) is 6.92 Å². The van der Waals surface area contributed by atoms with Crippen LogP contribution in [0.4, 0.5) is 11.4 Å². The van der Waals surface area contributed by atoms with E-state index in [-0.39, 0.29) is 17.6 Å². The van der Waals surface area contributed by atoms with Crippen LogP contribution in [0.3, 0.4) is 0 Å². The minimum atomic E-state index is -0.330. The molecule has 1 aromatic heterocycles. The van der Waals surface area contributed by atoms with Crippen molar-refractivity contribution >= 4 is 34.1 Å². The Morgan fingerprint density at radius 2 is 1.70 bits per heavy atom. The van der Waals surface area contributed by atoms with E-state index in [1.165, 1.54) is 0 Å². The number of fused-ring (bicyclic) bond motifs is 2. The molecule has 1 aliphatic rings. The lowest BCUT2D eigenvalue weighted by molar-refractivity contribution is 0.101. The van der Waals surface area contributed by atoms with Gasteiger partial charge >= 0.3 is 0 Å². The molecule has 3 aromatic carbocycles. The topological polar surface area (TPSA) is 113 Å². The Balaban J connectivity index is 1.33. The molecule has 0 saturated heterocycles. The Morgan fingerprint density at radius 1 is 0.879 bits per heavy atom. The van der Waals surface area contributed by atoms with Gasteiger partial charge in [-0.05, 0) is 61.0 Å². The van der Waals surface area contributed by atoms with Crippen LogP contribution in [0, 0.1) is 6.92 Å². The van der Waals surface area contributed by atoms with Crippen LogP contribution in [0.5, 0.6) is 17.2 Å². The fourth-order valence-electron chi connectivity index (χ4n) is 3.65. The van der Waals surface area contributed by atoms with Crippen LogP contribution in [-0.2, 0) is 0 Å². The molecule has 2 amide bonds. The molecule has 0 radical (unpaired) electrons. The number of nitrogens with one attached hydrogen (secondary N) is 3. The fraction of sp³-hybridized carbons (Fsp3) is 0.120. The van der Waals surface area contributed by atoms with E-state index in [9.17, 15) is 14.7 Å². The lowest BCUT2D eigenvalue weighted by Crippen LogP contribution is -2.17. The van der Waals surface area contributed by atoms with Crippen molar-refractivity contribution in [2.75, 3.05) is 23.8 Å². The molecule has 4 N–H and O–H groups in total. The van der Waals surface area contributed by atoms with Crippen molar-refractivity contribution in [1.82, 2.24) is 4.98 Å².